The minimum Gasteiger partial charge on any atom is -0.507 e. The maximum Gasteiger partial charge on any atom is 0.258 e. The minimum atomic E-state index is -0.311. The molecule has 0 aromatic heterocycles. The minimum absolute atomic E-state index is 0.0131. The molecule has 0 spiro atoms. The first-order chi connectivity index (χ1) is 11.9. The van der Waals surface area contributed by atoms with Gasteiger partial charge in [-0.15, -0.1) is 0 Å². The van der Waals surface area contributed by atoms with Crippen LogP contribution in [0.1, 0.15) is 27.0 Å². The molecule has 1 saturated heterocycles. The zero-order chi connectivity index (χ0) is 18.1. The maximum atomic E-state index is 12.7. The first-order valence-electron chi connectivity index (χ1n) is 8.33. The van der Waals surface area contributed by atoms with Gasteiger partial charge in [-0.1, -0.05) is 18.2 Å². The molecule has 0 unspecified atom stereocenters. The maximum absolute atomic E-state index is 12.7. The molecule has 5 nitrogen and oxygen atoms in total. The van der Waals surface area contributed by atoms with Crippen LogP contribution in [0.2, 0.25) is 0 Å². The van der Waals surface area contributed by atoms with E-state index in [0.29, 0.717) is 18.7 Å². The Morgan fingerprint density at radius 3 is 2.36 bits per heavy atom. The Labute approximate surface area is 147 Å². The third kappa shape index (κ3) is 3.36. The van der Waals surface area contributed by atoms with E-state index in [0.717, 1.165) is 16.8 Å². The summed E-state index contributed by atoms with van der Waals surface area (Å²) in [5.74, 6) is -0.442. The van der Waals surface area contributed by atoms with Gasteiger partial charge in [0.15, 0.2) is 0 Å². The van der Waals surface area contributed by atoms with Crippen molar-refractivity contribution < 1.29 is 14.7 Å². The molecule has 1 aliphatic heterocycles. The fourth-order valence-electron chi connectivity index (χ4n) is 3.23. The molecule has 2 aromatic carbocycles. The van der Waals surface area contributed by atoms with Gasteiger partial charge < -0.3 is 14.9 Å². The average Bonchev–Trinajstić information content (AvgIpc) is 2.55. The molecule has 2 amide bonds. The van der Waals surface area contributed by atoms with Crippen molar-refractivity contribution in [1.29, 1.82) is 0 Å². The lowest BCUT2D eigenvalue weighted by molar-refractivity contribution is -0.120. The SMILES string of the molecule is Cc1cc(C)cc(N2CCN(C(=O)c3cccc(C)c3O)CC2=O)c1. The Kier molecular flexibility index (Phi) is 4.49. The Balaban J connectivity index is 1.78. The predicted octanol–water partition coefficient (Wildman–Crippen LogP) is 2.81. The largest absolute Gasteiger partial charge is 0.507 e. The van der Waals surface area contributed by atoms with Gasteiger partial charge in [-0.2, -0.15) is 0 Å². The van der Waals surface area contributed by atoms with Crippen LogP contribution in [-0.4, -0.2) is 41.5 Å². The van der Waals surface area contributed by atoms with E-state index in [1.165, 1.54) is 4.90 Å². The van der Waals surface area contributed by atoms with Crippen LogP contribution in [0.25, 0.3) is 0 Å². The Bertz CT molecular complexity index is 825. The second-order valence-corrected chi connectivity index (χ2v) is 6.59. The van der Waals surface area contributed by atoms with Crippen LogP contribution in [0.5, 0.6) is 5.75 Å². The third-order valence-electron chi connectivity index (χ3n) is 4.49. The lowest BCUT2D eigenvalue weighted by Crippen LogP contribution is -2.52. The van der Waals surface area contributed by atoms with Gasteiger partial charge in [0, 0.05) is 18.8 Å². The highest BCUT2D eigenvalue weighted by Gasteiger charge is 2.30. The summed E-state index contributed by atoms with van der Waals surface area (Å²) in [4.78, 5) is 28.5. The van der Waals surface area contributed by atoms with Crippen LogP contribution in [0.4, 0.5) is 5.69 Å². The van der Waals surface area contributed by atoms with Crippen LogP contribution in [0, 0.1) is 20.8 Å². The standard InChI is InChI=1S/C20H22N2O3/c1-13-9-14(2)11-16(10-13)22-8-7-21(12-18(22)23)20(25)17-6-4-5-15(3)19(17)24/h4-6,9-11,24H,7-8,12H2,1-3H3. The van der Waals surface area contributed by atoms with E-state index < -0.39 is 0 Å². The molecule has 2 aromatic rings. The number of amides is 2. The fourth-order valence-corrected chi connectivity index (χ4v) is 3.23. The summed E-state index contributed by atoms with van der Waals surface area (Å²) >= 11 is 0. The molecule has 0 aliphatic carbocycles. The van der Waals surface area contributed by atoms with Gasteiger partial charge in [-0.3, -0.25) is 9.59 Å². The quantitative estimate of drug-likeness (QED) is 0.916. The third-order valence-corrected chi connectivity index (χ3v) is 4.49. The van der Waals surface area contributed by atoms with Crippen LogP contribution < -0.4 is 4.90 Å². The van der Waals surface area contributed by atoms with Crippen molar-refractivity contribution in [1.82, 2.24) is 4.90 Å². The van der Waals surface area contributed by atoms with Crippen molar-refractivity contribution in [2.75, 3.05) is 24.5 Å². The van der Waals surface area contributed by atoms with E-state index in [9.17, 15) is 14.7 Å². The van der Waals surface area contributed by atoms with Gasteiger partial charge in [0.2, 0.25) is 5.91 Å². The second-order valence-electron chi connectivity index (χ2n) is 6.59. The number of carbonyl (C=O) groups excluding carboxylic acids is 2. The van der Waals surface area contributed by atoms with Crippen LogP contribution in [0.3, 0.4) is 0 Å². The first-order valence-corrected chi connectivity index (χ1v) is 8.33. The number of phenolic OH excluding ortho intramolecular Hbond substituents is 1. The summed E-state index contributed by atoms with van der Waals surface area (Å²) < 4.78 is 0. The smallest absolute Gasteiger partial charge is 0.258 e. The van der Waals surface area contributed by atoms with Crippen LogP contribution in [-0.2, 0) is 4.79 Å². The zero-order valence-corrected chi connectivity index (χ0v) is 14.7. The number of aryl methyl sites for hydroxylation is 3. The molecule has 0 radical (unpaired) electrons. The molecule has 0 saturated carbocycles. The van der Waals surface area contributed by atoms with Gasteiger partial charge in [-0.25, -0.2) is 0 Å². The van der Waals surface area contributed by atoms with Crippen molar-refractivity contribution in [3.05, 3.63) is 58.7 Å². The molecule has 25 heavy (non-hydrogen) atoms. The van der Waals surface area contributed by atoms with E-state index >= 15 is 0 Å². The summed E-state index contributed by atoms with van der Waals surface area (Å²) in [6.07, 6.45) is 0. The fraction of sp³-hybridized carbons (Fsp3) is 0.300. The molecular weight excluding hydrogens is 316 g/mol. The van der Waals surface area contributed by atoms with Crippen LogP contribution >= 0.6 is 0 Å². The van der Waals surface area contributed by atoms with Crippen molar-refractivity contribution in [3.8, 4) is 5.75 Å². The predicted molar refractivity (Wildman–Crippen MR) is 97.0 cm³/mol. The molecule has 0 atom stereocenters. The Hall–Kier alpha value is -2.82. The van der Waals surface area contributed by atoms with Crippen molar-refractivity contribution in [2.24, 2.45) is 0 Å². The highest BCUT2D eigenvalue weighted by molar-refractivity contribution is 6.03. The van der Waals surface area contributed by atoms with Gasteiger partial charge >= 0.3 is 0 Å². The number of hydrogen-bond acceptors (Lipinski definition) is 3. The summed E-state index contributed by atoms with van der Waals surface area (Å²) in [6.45, 7) is 6.64. The van der Waals surface area contributed by atoms with Crippen molar-refractivity contribution in [2.45, 2.75) is 20.8 Å². The first kappa shape index (κ1) is 17.0. The van der Waals surface area contributed by atoms with E-state index in [1.54, 1.807) is 30.0 Å². The molecule has 0 bridgehead atoms. The van der Waals surface area contributed by atoms with Crippen molar-refractivity contribution >= 4 is 17.5 Å². The Morgan fingerprint density at radius 1 is 1.04 bits per heavy atom. The van der Waals surface area contributed by atoms with E-state index in [-0.39, 0.29) is 29.7 Å². The van der Waals surface area contributed by atoms with E-state index in [2.05, 4.69) is 6.07 Å². The molecule has 5 heteroatoms. The molecule has 3 rings (SSSR count). The van der Waals surface area contributed by atoms with Gasteiger partial charge in [0.05, 0.1) is 5.56 Å². The number of carbonyl (C=O) groups is 2. The Morgan fingerprint density at radius 2 is 1.72 bits per heavy atom. The monoisotopic (exact) mass is 338 g/mol. The molecule has 1 N–H and O–H groups in total. The molecule has 1 heterocycles. The number of nitrogens with zero attached hydrogens (tertiary/aromatic N) is 2. The van der Waals surface area contributed by atoms with E-state index in [1.807, 2.05) is 26.0 Å². The number of para-hydroxylation sites is 1. The highest BCUT2D eigenvalue weighted by atomic mass is 16.3. The molecule has 1 aliphatic rings. The number of piperazine rings is 1. The highest BCUT2D eigenvalue weighted by Crippen LogP contribution is 2.25. The van der Waals surface area contributed by atoms with Crippen LogP contribution in [0.15, 0.2) is 36.4 Å². The van der Waals surface area contributed by atoms with Crippen molar-refractivity contribution in [3.63, 3.8) is 0 Å². The number of anilines is 1. The van der Waals surface area contributed by atoms with E-state index in [4.69, 9.17) is 0 Å². The van der Waals surface area contributed by atoms with Gasteiger partial charge in [0.1, 0.15) is 12.3 Å². The molecule has 1 fully saturated rings. The molecule has 130 valence electrons. The normalized spacial score (nSPS) is 14.8. The topological polar surface area (TPSA) is 60.9 Å². The summed E-state index contributed by atoms with van der Waals surface area (Å²) in [5.41, 5.74) is 3.96. The average molecular weight is 338 g/mol. The number of aromatic hydroxyl groups is 1. The number of benzene rings is 2. The lowest BCUT2D eigenvalue weighted by atomic mass is 10.1. The second kappa shape index (κ2) is 6.59. The summed E-state index contributed by atoms with van der Waals surface area (Å²) in [6, 6.07) is 11.1. The van der Waals surface area contributed by atoms with Gasteiger partial charge in [-0.05, 0) is 55.7 Å². The van der Waals surface area contributed by atoms with Gasteiger partial charge in [0.25, 0.3) is 5.91 Å². The number of rotatable bonds is 2. The number of hydrogen-bond donors (Lipinski definition) is 1. The lowest BCUT2D eigenvalue weighted by Gasteiger charge is -2.34. The number of phenols is 1. The molecular formula is C20H22N2O3. The summed E-state index contributed by atoms with van der Waals surface area (Å²) in [7, 11) is 0. The summed E-state index contributed by atoms with van der Waals surface area (Å²) in [5, 5.41) is 10.1. The zero-order valence-electron chi connectivity index (χ0n) is 14.7.